The summed E-state index contributed by atoms with van der Waals surface area (Å²) in [6, 6.07) is 8.84. The molecule has 1 aliphatic heterocycles. The number of rotatable bonds is 6. The van der Waals surface area contributed by atoms with Gasteiger partial charge in [0.1, 0.15) is 0 Å². The van der Waals surface area contributed by atoms with E-state index in [9.17, 15) is 0 Å². The first-order valence-corrected chi connectivity index (χ1v) is 8.91. The number of hydrogen-bond acceptors (Lipinski definition) is 3. The summed E-state index contributed by atoms with van der Waals surface area (Å²) in [4.78, 5) is 2.45. The average molecular weight is 303 g/mol. The van der Waals surface area contributed by atoms with Crippen LogP contribution >= 0.6 is 0 Å². The molecule has 3 nitrogen and oxygen atoms in total. The number of para-hydroxylation sites is 2. The molecule has 3 rings (SSSR count). The molecule has 1 aromatic carbocycles. The largest absolute Gasteiger partial charge is 0.490 e. The normalized spacial score (nSPS) is 23.6. The molecule has 1 aromatic rings. The number of hydrogen-bond donors (Lipinski definition) is 0. The first-order valence-electron chi connectivity index (χ1n) is 8.91. The van der Waals surface area contributed by atoms with Crippen LogP contribution in [0.4, 0.5) is 0 Å². The number of likely N-dealkylation sites (tertiary alicyclic amines) is 1. The molecule has 1 heterocycles. The zero-order chi connectivity index (χ0) is 15.2. The molecule has 3 heteroatoms. The molecule has 0 radical (unpaired) electrons. The Labute approximate surface area is 134 Å². The molecule has 1 unspecified atom stereocenters. The van der Waals surface area contributed by atoms with Crippen LogP contribution in [0.2, 0.25) is 0 Å². The Kier molecular flexibility index (Phi) is 5.60. The standard InChI is InChI=1S/C19H29NO2/c1-20-14-7-8-16(20)13-15-21-18-11-5-6-12-19(18)22-17-9-3-2-4-10-17/h5-6,11-12,16-17H,2-4,7-10,13-15H2,1H3. The lowest BCUT2D eigenvalue weighted by Gasteiger charge is -2.24. The van der Waals surface area contributed by atoms with Crippen LogP contribution in [-0.2, 0) is 0 Å². The van der Waals surface area contributed by atoms with Gasteiger partial charge in [-0.25, -0.2) is 0 Å². The molecule has 122 valence electrons. The van der Waals surface area contributed by atoms with Crippen LogP contribution in [0.5, 0.6) is 11.5 Å². The molecule has 22 heavy (non-hydrogen) atoms. The lowest BCUT2D eigenvalue weighted by Crippen LogP contribution is -2.26. The first kappa shape index (κ1) is 15.7. The lowest BCUT2D eigenvalue weighted by molar-refractivity contribution is 0.145. The van der Waals surface area contributed by atoms with E-state index in [1.54, 1.807) is 0 Å². The summed E-state index contributed by atoms with van der Waals surface area (Å²) in [5.74, 6) is 1.84. The molecule has 0 spiro atoms. The van der Waals surface area contributed by atoms with Crippen LogP contribution in [0.25, 0.3) is 0 Å². The van der Waals surface area contributed by atoms with Crippen LogP contribution < -0.4 is 9.47 Å². The molecule has 1 aliphatic carbocycles. The van der Waals surface area contributed by atoms with Crippen molar-refractivity contribution in [3.05, 3.63) is 24.3 Å². The quantitative estimate of drug-likeness (QED) is 0.783. The zero-order valence-electron chi connectivity index (χ0n) is 13.8. The summed E-state index contributed by atoms with van der Waals surface area (Å²) >= 11 is 0. The van der Waals surface area contributed by atoms with Crippen molar-refractivity contribution in [2.75, 3.05) is 20.2 Å². The summed E-state index contributed by atoms with van der Waals surface area (Å²) in [6.07, 6.45) is 10.4. The Balaban J connectivity index is 1.51. The van der Waals surface area contributed by atoms with Gasteiger partial charge in [-0.15, -0.1) is 0 Å². The second-order valence-corrected chi connectivity index (χ2v) is 6.74. The molecule has 2 fully saturated rings. The molecule has 1 atom stereocenters. The Bertz CT molecular complexity index is 457. The maximum atomic E-state index is 6.19. The average Bonchev–Trinajstić information content (AvgIpc) is 2.95. The van der Waals surface area contributed by atoms with E-state index in [4.69, 9.17) is 9.47 Å². The molecule has 1 saturated carbocycles. The predicted molar refractivity (Wildman–Crippen MR) is 89.7 cm³/mol. The third kappa shape index (κ3) is 4.16. The molecule has 1 saturated heterocycles. The first-order chi connectivity index (χ1) is 10.8. The highest BCUT2D eigenvalue weighted by molar-refractivity contribution is 5.39. The minimum absolute atomic E-state index is 0.375. The summed E-state index contributed by atoms with van der Waals surface area (Å²) in [5, 5.41) is 0. The van der Waals surface area contributed by atoms with Gasteiger partial charge in [0.25, 0.3) is 0 Å². The van der Waals surface area contributed by atoms with E-state index in [0.717, 1.165) is 24.5 Å². The van der Waals surface area contributed by atoms with Crippen molar-refractivity contribution in [1.82, 2.24) is 4.90 Å². The Morgan fingerprint density at radius 2 is 1.77 bits per heavy atom. The molecule has 2 aliphatic rings. The van der Waals surface area contributed by atoms with Gasteiger partial charge in [-0.2, -0.15) is 0 Å². The third-order valence-corrected chi connectivity index (χ3v) is 5.08. The third-order valence-electron chi connectivity index (χ3n) is 5.08. The molecular formula is C19H29NO2. The fourth-order valence-electron chi connectivity index (χ4n) is 3.68. The Morgan fingerprint density at radius 1 is 1.00 bits per heavy atom. The van der Waals surface area contributed by atoms with E-state index in [2.05, 4.69) is 11.9 Å². The van der Waals surface area contributed by atoms with Crippen molar-refractivity contribution >= 4 is 0 Å². The van der Waals surface area contributed by atoms with Gasteiger partial charge in [0.15, 0.2) is 11.5 Å². The number of nitrogens with zero attached hydrogens (tertiary/aromatic N) is 1. The van der Waals surface area contributed by atoms with Crippen molar-refractivity contribution < 1.29 is 9.47 Å². The molecule has 0 aromatic heterocycles. The van der Waals surface area contributed by atoms with E-state index in [1.165, 1.54) is 51.5 Å². The monoisotopic (exact) mass is 303 g/mol. The van der Waals surface area contributed by atoms with Crippen LogP contribution in [-0.4, -0.2) is 37.2 Å². The van der Waals surface area contributed by atoms with E-state index < -0.39 is 0 Å². The second-order valence-electron chi connectivity index (χ2n) is 6.74. The second kappa shape index (κ2) is 7.87. The van der Waals surface area contributed by atoms with Crippen LogP contribution in [0.3, 0.4) is 0 Å². The van der Waals surface area contributed by atoms with Crippen molar-refractivity contribution in [3.63, 3.8) is 0 Å². The Hall–Kier alpha value is -1.22. The zero-order valence-corrected chi connectivity index (χ0v) is 13.8. The number of ether oxygens (including phenoxy) is 2. The maximum Gasteiger partial charge on any atom is 0.161 e. The van der Waals surface area contributed by atoms with E-state index >= 15 is 0 Å². The van der Waals surface area contributed by atoms with Crippen molar-refractivity contribution in [2.24, 2.45) is 0 Å². The van der Waals surface area contributed by atoms with Gasteiger partial charge < -0.3 is 14.4 Å². The van der Waals surface area contributed by atoms with Gasteiger partial charge >= 0.3 is 0 Å². The van der Waals surface area contributed by atoms with Gasteiger partial charge in [-0.1, -0.05) is 18.6 Å². The highest BCUT2D eigenvalue weighted by atomic mass is 16.5. The highest BCUT2D eigenvalue weighted by Crippen LogP contribution is 2.31. The van der Waals surface area contributed by atoms with Gasteiger partial charge in [0.05, 0.1) is 12.7 Å². The molecule has 0 amide bonds. The van der Waals surface area contributed by atoms with E-state index in [-0.39, 0.29) is 0 Å². The van der Waals surface area contributed by atoms with Gasteiger partial charge in [0, 0.05) is 6.04 Å². The smallest absolute Gasteiger partial charge is 0.161 e. The van der Waals surface area contributed by atoms with Crippen molar-refractivity contribution in [3.8, 4) is 11.5 Å². The van der Waals surface area contributed by atoms with Gasteiger partial charge in [-0.3, -0.25) is 0 Å². The SMILES string of the molecule is CN1CCCC1CCOc1ccccc1OC1CCCCC1. The van der Waals surface area contributed by atoms with Gasteiger partial charge in [0.2, 0.25) is 0 Å². The van der Waals surface area contributed by atoms with E-state index in [0.29, 0.717) is 12.1 Å². The lowest BCUT2D eigenvalue weighted by atomic mass is 9.98. The molecule has 0 bridgehead atoms. The fraction of sp³-hybridized carbons (Fsp3) is 0.684. The topological polar surface area (TPSA) is 21.7 Å². The number of benzene rings is 1. The van der Waals surface area contributed by atoms with Crippen LogP contribution in [0, 0.1) is 0 Å². The maximum absolute atomic E-state index is 6.19. The van der Waals surface area contributed by atoms with Crippen LogP contribution in [0.15, 0.2) is 24.3 Å². The molecule has 0 N–H and O–H groups in total. The minimum Gasteiger partial charge on any atom is -0.490 e. The van der Waals surface area contributed by atoms with E-state index in [1.807, 2.05) is 24.3 Å². The van der Waals surface area contributed by atoms with Crippen LogP contribution in [0.1, 0.15) is 51.4 Å². The molecular weight excluding hydrogens is 274 g/mol. The Morgan fingerprint density at radius 3 is 2.50 bits per heavy atom. The summed E-state index contributed by atoms with van der Waals surface area (Å²) in [6.45, 7) is 2.01. The van der Waals surface area contributed by atoms with Crippen molar-refractivity contribution in [2.45, 2.75) is 63.5 Å². The minimum atomic E-state index is 0.375. The van der Waals surface area contributed by atoms with Crippen molar-refractivity contribution in [1.29, 1.82) is 0 Å². The summed E-state index contributed by atoms with van der Waals surface area (Å²) < 4.78 is 12.2. The summed E-state index contributed by atoms with van der Waals surface area (Å²) in [7, 11) is 2.22. The predicted octanol–water partition coefficient (Wildman–Crippen LogP) is 4.26. The summed E-state index contributed by atoms with van der Waals surface area (Å²) in [5.41, 5.74) is 0. The fourth-order valence-corrected chi connectivity index (χ4v) is 3.68. The van der Waals surface area contributed by atoms with Gasteiger partial charge in [-0.05, 0) is 70.7 Å². The highest BCUT2D eigenvalue weighted by Gasteiger charge is 2.21.